The van der Waals surface area contributed by atoms with Gasteiger partial charge in [-0.1, -0.05) is 59.7 Å². The Morgan fingerprint density at radius 1 is 1.00 bits per heavy atom. The summed E-state index contributed by atoms with van der Waals surface area (Å²) < 4.78 is 33.9. The third kappa shape index (κ3) is 5.28. The van der Waals surface area contributed by atoms with Crippen LogP contribution in [0.4, 0.5) is 0 Å². The van der Waals surface area contributed by atoms with Crippen LogP contribution in [0, 0.1) is 10.8 Å². The highest BCUT2D eigenvalue weighted by Gasteiger charge is 2.34. The molecule has 0 atom stereocenters. The van der Waals surface area contributed by atoms with E-state index < -0.39 is 15.1 Å². The Bertz CT molecular complexity index is 562. The summed E-state index contributed by atoms with van der Waals surface area (Å²) >= 11 is 0. The van der Waals surface area contributed by atoms with Crippen LogP contribution < -0.4 is 0 Å². The van der Waals surface area contributed by atoms with Gasteiger partial charge in [-0.2, -0.15) is 0 Å². The largest absolute Gasteiger partial charge is 0.223 e. The summed E-state index contributed by atoms with van der Waals surface area (Å²) in [5, 5.41) is -0.455. The minimum Gasteiger partial charge on any atom is -0.223 e. The van der Waals surface area contributed by atoms with Crippen molar-refractivity contribution in [2.75, 3.05) is 0 Å². The van der Waals surface area contributed by atoms with Crippen molar-refractivity contribution in [3.63, 3.8) is 0 Å². The van der Waals surface area contributed by atoms with Gasteiger partial charge < -0.3 is 0 Å². The van der Waals surface area contributed by atoms with Gasteiger partial charge in [0.25, 0.3) is 0 Å². The molecule has 0 radical (unpaired) electrons. The van der Waals surface area contributed by atoms with Crippen molar-refractivity contribution < 1.29 is 9.79 Å². The first kappa shape index (κ1) is 15.6. The Labute approximate surface area is 125 Å². The predicted octanol–water partition coefficient (Wildman–Crippen LogP) is 4.70. The molecular formula is C17H28O2S. The van der Waals surface area contributed by atoms with Crippen LogP contribution in [0.15, 0.2) is 35.2 Å². The molecule has 3 heteroatoms. The van der Waals surface area contributed by atoms with Crippen LogP contribution in [0.5, 0.6) is 0 Å². The van der Waals surface area contributed by atoms with E-state index >= 15 is 0 Å². The second kappa shape index (κ2) is 5.88. The van der Waals surface area contributed by atoms with Gasteiger partial charge in [0.2, 0.25) is 0 Å². The number of rotatable bonds is 4. The van der Waals surface area contributed by atoms with Crippen molar-refractivity contribution in [3.8, 4) is 0 Å². The van der Waals surface area contributed by atoms with Crippen molar-refractivity contribution in [3.05, 3.63) is 30.3 Å². The number of benzene rings is 1. The quantitative estimate of drug-likeness (QED) is 0.807. The van der Waals surface area contributed by atoms with Crippen molar-refractivity contribution in [2.24, 2.45) is 10.8 Å². The summed E-state index contributed by atoms with van der Waals surface area (Å²) in [4.78, 5) is 0.156. The average Bonchev–Trinajstić information content (AvgIpc) is 2.24. The normalized spacial score (nSPS) is 14.4. The van der Waals surface area contributed by atoms with E-state index in [0.717, 1.165) is 0 Å². The number of hydrogen-bond acceptors (Lipinski definition) is 2. The average molecular weight is 297 g/mol. The molecule has 0 aliphatic rings. The molecule has 0 spiro atoms. The molecule has 1 aromatic rings. The first-order valence-electron chi connectivity index (χ1n) is 7.62. The van der Waals surface area contributed by atoms with Gasteiger partial charge in [0, 0.05) is 0 Å². The second-order valence-corrected chi connectivity index (χ2v) is 10.1. The zero-order chi connectivity index (χ0) is 16.5. The maximum Gasteiger partial charge on any atom is 0.181 e. The van der Waals surface area contributed by atoms with E-state index in [4.69, 9.17) is 1.37 Å². The molecule has 0 N–H and O–H groups in total. The molecule has 0 aliphatic carbocycles. The molecule has 0 saturated carbocycles. The number of sulfone groups is 1. The molecule has 0 fully saturated rings. The van der Waals surface area contributed by atoms with Crippen LogP contribution in [0.2, 0.25) is 0 Å². The smallest absolute Gasteiger partial charge is 0.181 e. The molecule has 0 heterocycles. The Kier molecular flexibility index (Phi) is 4.58. The van der Waals surface area contributed by atoms with E-state index in [1.807, 2.05) is 0 Å². The van der Waals surface area contributed by atoms with Crippen LogP contribution in [-0.4, -0.2) is 13.7 Å². The van der Waals surface area contributed by atoms with Gasteiger partial charge >= 0.3 is 0 Å². The van der Waals surface area contributed by atoms with E-state index in [2.05, 4.69) is 41.5 Å². The Morgan fingerprint density at radius 2 is 1.50 bits per heavy atom. The van der Waals surface area contributed by atoms with Crippen LogP contribution in [0.1, 0.15) is 55.8 Å². The van der Waals surface area contributed by atoms with E-state index in [9.17, 15) is 8.42 Å². The first-order valence-corrected chi connectivity index (χ1v) is 8.67. The van der Waals surface area contributed by atoms with Crippen LogP contribution >= 0.6 is 0 Å². The third-order valence-electron chi connectivity index (χ3n) is 3.11. The lowest BCUT2D eigenvalue weighted by atomic mass is 9.83. The van der Waals surface area contributed by atoms with Gasteiger partial charge in [-0.3, -0.25) is 0 Å². The number of hydrogen-bond donors (Lipinski definition) is 0. The van der Waals surface area contributed by atoms with Gasteiger partial charge in [0.05, 0.1) is 11.5 Å². The summed E-state index contributed by atoms with van der Waals surface area (Å²) in [5.41, 5.74) is -0.139. The topological polar surface area (TPSA) is 34.1 Å². The van der Waals surface area contributed by atoms with Gasteiger partial charge in [-0.25, -0.2) is 8.42 Å². The third-order valence-corrected chi connectivity index (χ3v) is 5.18. The van der Waals surface area contributed by atoms with Crippen LogP contribution in [-0.2, 0) is 9.84 Å². The Morgan fingerprint density at radius 3 is 1.90 bits per heavy atom. The monoisotopic (exact) mass is 297 g/mol. The van der Waals surface area contributed by atoms with E-state index in [1.54, 1.807) is 18.2 Å². The Balaban J connectivity index is 3.27. The highest BCUT2D eigenvalue weighted by atomic mass is 32.2. The predicted molar refractivity (Wildman–Crippen MR) is 85.6 cm³/mol. The lowest BCUT2D eigenvalue weighted by Gasteiger charge is -2.30. The SMILES string of the molecule is [2H]c1ccccc1S(=O)(=O)C(CC(C)(C)C)CC(C)(C)C. The standard InChI is InChI=1S/C17H28O2S/c1-16(2,3)12-15(13-17(4,5)6)20(18,19)14-10-8-7-9-11-14/h7-11,15H,12-13H2,1-6H3/i10D. The summed E-state index contributed by atoms with van der Waals surface area (Å²) in [6, 6.07) is 6.57. The lowest BCUT2D eigenvalue weighted by molar-refractivity contribution is 0.301. The molecule has 0 aromatic heterocycles. The molecule has 114 valence electrons. The maximum absolute atomic E-state index is 13.0. The summed E-state index contributed by atoms with van der Waals surface area (Å²) in [7, 11) is -3.49. The fourth-order valence-corrected chi connectivity index (χ4v) is 4.69. The van der Waals surface area contributed by atoms with Crippen LogP contribution in [0.25, 0.3) is 0 Å². The molecule has 0 saturated heterocycles. The molecule has 0 bridgehead atoms. The van der Waals surface area contributed by atoms with Crippen molar-refractivity contribution in [1.29, 1.82) is 0 Å². The van der Waals surface area contributed by atoms with Crippen molar-refractivity contribution >= 4 is 9.84 Å². The fraction of sp³-hybridized carbons (Fsp3) is 0.647. The molecule has 1 rings (SSSR count). The summed E-state index contributed by atoms with van der Waals surface area (Å²) in [6.07, 6.45) is 1.20. The van der Waals surface area contributed by atoms with Gasteiger partial charge in [0.1, 0.15) is 0 Å². The fourth-order valence-electron chi connectivity index (χ4n) is 2.39. The second-order valence-electron chi connectivity index (χ2n) is 7.92. The van der Waals surface area contributed by atoms with E-state index in [-0.39, 0.29) is 21.8 Å². The minimum atomic E-state index is -3.49. The van der Waals surface area contributed by atoms with Crippen molar-refractivity contribution in [2.45, 2.75) is 64.5 Å². The maximum atomic E-state index is 13.0. The van der Waals surface area contributed by atoms with Gasteiger partial charge in [-0.15, -0.1) is 0 Å². The van der Waals surface area contributed by atoms with Crippen molar-refractivity contribution in [1.82, 2.24) is 0 Å². The highest BCUT2D eigenvalue weighted by molar-refractivity contribution is 7.92. The molecule has 0 unspecified atom stereocenters. The molecule has 0 amide bonds. The van der Waals surface area contributed by atoms with Gasteiger partial charge in [-0.05, 0) is 35.8 Å². The van der Waals surface area contributed by atoms with E-state index in [1.165, 1.54) is 6.07 Å². The van der Waals surface area contributed by atoms with E-state index in [0.29, 0.717) is 12.8 Å². The molecule has 20 heavy (non-hydrogen) atoms. The molecule has 2 nitrogen and oxygen atoms in total. The summed E-state index contributed by atoms with van der Waals surface area (Å²) in [6.45, 7) is 12.4. The lowest BCUT2D eigenvalue weighted by Crippen LogP contribution is -2.31. The first-order chi connectivity index (χ1) is 9.33. The Hall–Kier alpha value is -0.830. The molecule has 1 aromatic carbocycles. The van der Waals surface area contributed by atoms with Gasteiger partial charge in [0.15, 0.2) is 9.84 Å². The molecule has 0 aliphatic heterocycles. The summed E-state index contributed by atoms with van der Waals surface area (Å²) in [5.74, 6) is 0. The van der Waals surface area contributed by atoms with Crippen LogP contribution in [0.3, 0.4) is 0 Å². The highest BCUT2D eigenvalue weighted by Crippen LogP contribution is 2.35. The zero-order valence-corrected chi connectivity index (χ0v) is 14.3. The molecular weight excluding hydrogens is 268 g/mol. The zero-order valence-electron chi connectivity index (χ0n) is 14.5. The minimum absolute atomic E-state index is 0.0695.